The van der Waals surface area contributed by atoms with Gasteiger partial charge < -0.3 is 10.1 Å². The van der Waals surface area contributed by atoms with Crippen molar-refractivity contribution in [2.24, 2.45) is 0 Å². The number of esters is 1. The van der Waals surface area contributed by atoms with Gasteiger partial charge in [-0.1, -0.05) is 42.3 Å². The van der Waals surface area contributed by atoms with E-state index in [1.807, 2.05) is 36.4 Å². The molecule has 1 heterocycles. The maximum absolute atomic E-state index is 12.3. The maximum atomic E-state index is 12.3. The van der Waals surface area contributed by atoms with Crippen LogP contribution in [0.3, 0.4) is 0 Å². The van der Waals surface area contributed by atoms with E-state index in [4.69, 9.17) is 16.3 Å². The minimum atomic E-state index is -0.489. The van der Waals surface area contributed by atoms with Crippen LogP contribution in [0, 0.1) is 11.3 Å². The van der Waals surface area contributed by atoms with Crippen molar-refractivity contribution in [3.63, 3.8) is 0 Å². The molecule has 0 atom stereocenters. The molecule has 164 valence electrons. The van der Waals surface area contributed by atoms with Crippen molar-refractivity contribution in [1.82, 2.24) is 0 Å². The van der Waals surface area contributed by atoms with Gasteiger partial charge in [0.1, 0.15) is 11.1 Å². The van der Waals surface area contributed by atoms with E-state index in [1.54, 1.807) is 0 Å². The van der Waals surface area contributed by atoms with Crippen molar-refractivity contribution in [2.45, 2.75) is 37.0 Å². The van der Waals surface area contributed by atoms with Crippen LogP contribution in [0.2, 0.25) is 5.02 Å². The predicted octanol–water partition coefficient (Wildman–Crippen LogP) is 5.97. The molecule has 0 saturated heterocycles. The number of benzene rings is 2. The number of rotatable bonds is 6. The van der Waals surface area contributed by atoms with Gasteiger partial charge in [-0.25, -0.2) is 0 Å². The molecule has 0 spiro atoms. The zero-order valence-corrected chi connectivity index (χ0v) is 19.7. The van der Waals surface area contributed by atoms with E-state index in [0.717, 1.165) is 53.3 Å². The van der Waals surface area contributed by atoms with E-state index in [2.05, 4.69) is 11.4 Å². The minimum Gasteiger partial charge on any atom is -0.455 e. The van der Waals surface area contributed by atoms with E-state index in [0.29, 0.717) is 15.6 Å². The number of aryl methyl sites for hydroxylation is 1. The Hall–Kier alpha value is -2.53. The second kappa shape index (κ2) is 10.4. The van der Waals surface area contributed by atoms with Gasteiger partial charge in [-0.05, 0) is 48.8 Å². The second-order valence-corrected chi connectivity index (χ2v) is 10.0. The van der Waals surface area contributed by atoms with Crippen molar-refractivity contribution in [2.75, 3.05) is 17.7 Å². The van der Waals surface area contributed by atoms with Crippen LogP contribution >= 0.6 is 34.7 Å². The Morgan fingerprint density at radius 3 is 2.75 bits per heavy atom. The smallest absolute Gasteiger partial charge is 0.316 e. The third-order valence-corrected chi connectivity index (χ3v) is 7.86. The van der Waals surface area contributed by atoms with Gasteiger partial charge in [0.05, 0.1) is 11.3 Å². The minimum absolute atomic E-state index is 0.0638. The van der Waals surface area contributed by atoms with E-state index >= 15 is 0 Å². The summed E-state index contributed by atoms with van der Waals surface area (Å²) >= 11 is 9.11. The summed E-state index contributed by atoms with van der Waals surface area (Å²) in [5.41, 5.74) is 1.61. The van der Waals surface area contributed by atoms with Crippen molar-refractivity contribution in [3.8, 4) is 6.07 Å². The zero-order valence-electron chi connectivity index (χ0n) is 17.3. The number of carbonyl (C=O) groups is 2. The number of anilines is 1. The van der Waals surface area contributed by atoms with E-state index < -0.39 is 11.9 Å². The van der Waals surface area contributed by atoms with Crippen LogP contribution in [0.5, 0.6) is 0 Å². The first-order valence-corrected chi connectivity index (χ1v) is 12.5. The number of nitriles is 1. The van der Waals surface area contributed by atoms with Crippen LogP contribution in [-0.4, -0.2) is 24.2 Å². The summed E-state index contributed by atoms with van der Waals surface area (Å²) in [4.78, 5) is 26.6. The third-order valence-electron chi connectivity index (χ3n) is 5.31. The predicted molar refractivity (Wildman–Crippen MR) is 130 cm³/mol. The monoisotopic (exact) mass is 484 g/mol. The van der Waals surface area contributed by atoms with Gasteiger partial charge >= 0.3 is 5.97 Å². The number of fused-ring (bicyclic) bond motifs is 2. The summed E-state index contributed by atoms with van der Waals surface area (Å²) in [5, 5.41) is 15.4. The van der Waals surface area contributed by atoms with Crippen molar-refractivity contribution in [1.29, 1.82) is 5.26 Å². The first kappa shape index (κ1) is 22.7. The SMILES string of the molecule is N#Cc1c(NC(=O)COC(=O)CSc2cccc3cccc(Cl)c23)sc2c1CCCCC2. The van der Waals surface area contributed by atoms with Crippen LogP contribution in [0.1, 0.15) is 35.3 Å². The molecule has 1 aromatic heterocycles. The molecule has 2 aromatic carbocycles. The molecular formula is C24H21ClN2O3S2. The average molecular weight is 485 g/mol. The molecular weight excluding hydrogens is 464 g/mol. The molecule has 0 fully saturated rings. The maximum Gasteiger partial charge on any atom is 0.316 e. The van der Waals surface area contributed by atoms with Gasteiger partial charge in [-0.3, -0.25) is 9.59 Å². The summed E-state index contributed by atoms with van der Waals surface area (Å²) in [6.07, 6.45) is 5.13. The van der Waals surface area contributed by atoms with Gasteiger partial charge in [0.25, 0.3) is 5.91 Å². The molecule has 5 nitrogen and oxygen atoms in total. The van der Waals surface area contributed by atoms with Gasteiger partial charge in [-0.2, -0.15) is 5.26 Å². The largest absolute Gasteiger partial charge is 0.455 e. The average Bonchev–Trinajstić information content (AvgIpc) is 2.95. The standard InChI is InChI=1S/C24H21ClN2O3S2/c25-18-9-4-6-15-7-5-11-20(23(15)18)31-14-22(29)30-13-21(28)27-24-17(12-26)16-8-2-1-3-10-19(16)32-24/h4-7,9,11H,1-3,8,10,13-14H2,(H,27,28). The lowest BCUT2D eigenvalue weighted by Gasteiger charge is -2.08. The molecule has 32 heavy (non-hydrogen) atoms. The lowest BCUT2D eigenvalue weighted by atomic mass is 10.1. The molecule has 0 unspecified atom stereocenters. The molecule has 0 saturated carbocycles. The number of nitrogens with one attached hydrogen (secondary N) is 1. The summed E-state index contributed by atoms with van der Waals surface area (Å²) in [5.74, 6) is -0.866. The van der Waals surface area contributed by atoms with Gasteiger partial charge in [0, 0.05) is 20.2 Å². The van der Waals surface area contributed by atoms with Crippen LogP contribution in [0.25, 0.3) is 10.8 Å². The van der Waals surface area contributed by atoms with Gasteiger partial charge in [0.15, 0.2) is 6.61 Å². The number of nitrogens with zero attached hydrogens (tertiary/aromatic N) is 1. The van der Waals surface area contributed by atoms with E-state index in [9.17, 15) is 14.9 Å². The summed E-state index contributed by atoms with van der Waals surface area (Å²) in [7, 11) is 0. The van der Waals surface area contributed by atoms with Crippen LogP contribution in [-0.2, 0) is 27.2 Å². The molecule has 1 aliphatic rings. The molecule has 0 aliphatic heterocycles. The molecule has 8 heteroatoms. The van der Waals surface area contributed by atoms with E-state index in [1.165, 1.54) is 28.0 Å². The summed E-state index contributed by atoms with van der Waals surface area (Å²) < 4.78 is 5.15. The molecule has 1 aliphatic carbocycles. The highest BCUT2D eigenvalue weighted by Crippen LogP contribution is 2.37. The fourth-order valence-electron chi connectivity index (χ4n) is 3.82. The highest BCUT2D eigenvalue weighted by Gasteiger charge is 2.21. The first-order chi connectivity index (χ1) is 15.6. The molecule has 3 aromatic rings. The number of ether oxygens (including phenoxy) is 1. The van der Waals surface area contributed by atoms with Crippen molar-refractivity contribution >= 4 is 62.3 Å². The van der Waals surface area contributed by atoms with Gasteiger partial charge in [-0.15, -0.1) is 23.1 Å². The fraction of sp³-hybridized carbons (Fsp3) is 0.292. The fourth-order valence-corrected chi connectivity index (χ4v) is 6.32. The summed E-state index contributed by atoms with van der Waals surface area (Å²) in [6, 6.07) is 13.7. The van der Waals surface area contributed by atoms with Crippen molar-refractivity contribution < 1.29 is 14.3 Å². The quantitative estimate of drug-likeness (QED) is 0.265. The molecule has 0 bridgehead atoms. The van der Waals surface area contributed by atoms with Crippen LogP contribution in [0.15, 0.2) is 41.3 Å². The number of halogens is 1. The number of hydrogen-bond donors (Lipinski definition) is 1. The number of carbonyl (C=O) groups excluding carboxylic acids is 2. The number of thiophene rings is 1. The topological polar surface area (TPSA) is 79.2 Å². The van der Waals surface area contributed by atoms with Gasteiger partial charge in [0.2, 0.25) is 0 Å². The lowest BCUT2D eigenvalue weighted by Crippen LogP contribution is -2.21. The molecule has 4 rings (SSSR count). The Morgan fingerprint density at radius 2 is 1.94 bits per heavy atom. The summed E-state index contributed by atoms with van der Waals surface area (Å²) in [6.45, 7) is -0.386. The third kappa shape index (κ3) is 5.09. The zero-order chi connectivity index (χ0) is 22.5. The second-order valence-electron chi connectivity index (χ2n) is 7.47. The number of hydrogen-bond acceptors (Lipinski definition) is 6. The Labute approximate surface area is 199 Å². The number of amides is 1. The number of thioether (sulfide) groups is 1. The molecule has 1 amide bonds. The van der Waals surface area contributed by atoms with Crippen LogP contribution in [0.4, 0.5) is 5.00 Å². The van der Waals surface area contributed by atoms with Crippen LogP contribution < -0.4 is 5.32 Å². The Bertz CT molecular complexity index is 1210. The Kier molecular flexibility index (Phi) is 7.36. The Balaban J connectivity index is 1.33. The highest BCUT2D eigenvalue weighted by atomic mass is 35.5. The van der Waals surface area contributed by atoms with E-state index in [-0.39, 0.29) is 12.4 Å². The lowest BCUT2D eigenvalue weighted by molar-refractivity contribution is -0.144. The van der Waals surface area contributed by atoms with Crippen molar-refractivity contribution in [3.05, 3.63) is 57.4 Å². The molecule has 1 N–H and O–H groups in total. The molecule has 0 radical (unpaired) electrons. The highest BCUT2D eigenvalue weighted by molar-refractivity contribution is 8.00. The first-order valence-electron chi connectivity index (χ1n) is 10.4. The normalized spacial score (nSPS) is 13.1. The Morgan fingerprint density at radius 1 is 1.16 bits per heavy atom.